The van der Waals surface area contributed by atoms with Crippen LogP contribution in [0.25, 0.3) is 0 Å². The number of nitrogens with two attached hydrogens (primary N) is 1. The summed E-state index contributed by atoms with van der Waals surface area (Å²) in [6, 6.07) is 6.79. The summed E-state index contributed by atoms with van der Waals surface area (Å²) < 4.78 is 11.1. The van der Waals surface area contributed by atoms with E-state index in [2.05, 4.69) is 24.0 Å². The van der Waals surface area contributed by atoms with E-state index in [1.807, 2.05) is 6.07 Å². The molecule has 1 aromatic rings. The zero-order valence-electron chi connectivity index (χ0n) is 10.8. The van der Waals surface area contributed by atoms with Gasteiger partial charge in [0.25, 0.3) is 0 Å². The number of benzene rings is 1. The van der Waals surface area contributed by atoms with Gasteiger partial charge in [0.15, 0.2) is 11.5 Å². The Balaban J connectivity index is 1.82. The minimum Gasteiger partial charge on any atom is -0.454 e. The Bertz CT molecular complexity index is 436. The molecule has 2 N–H and O–H groups in total. The summed E-state index contributed by atoms with van der Waals surface area (Å²) in [6.45, 7) is 5.39. The van der Waals surface area contributed by atoms with Crippen LogP contribution >= 0.6 is 0 Å². The lowest BCUT2D eigenvalue weighted by atomic mass is 9.95. The van der Waals surface area contributed by atoms with E-state index in [0.29, 0.717) is 18.8 Å². The third-order valence-electron chi connectivity index (χ3n) is 3.99. The van der Waals surface area contributed by atoms with Crippen molar-refractivity contribution in [2.24, 2.45) is 5.73 Å². The Morgan fingerprint density at radius 3 is 3.11 bits per heavy atom. The summed E-state index contributed by atoms with van der Waals surface area (Å²) in [7, 11) is 0. The highest BCUT2D eigenvalue weighted by atomic mass is 16.7. The molecule has 2 heterocycles. The summed E-state index contributed by atoms with van der Waals surface area (Å²) in [6.07, 6.45) is 1.17. The Labute approximate surface area is 108 Å². The highest BCUT2D eigenvalue weighted by Gasteiger charge is 2.32. The van der Waals surface area contributed by atoms with Crippen molar-refractivity contribution in [3.8, 4) is 11.5 Å². The molecule has 0 saturated carbocycles. The number of ether oxygens (including phenoxy) is 2. The highest BCUT2D eigenvalue weighted by molar-refractivity contribution is 5.50. The largest absolute Gasteiger partial charge is 0.454 e. The monoisotopic (exact) mass is 248 g/mol. The normalized spacial score (nSPS) is 26.8. The van der Waals surface area contributed by atoms with Crippen LogP contribution < -0.4 is 15.2 Å². The first-order valence-electron chi connectivity index (χ1n) is 6.62. The molecule has 4 nitrogen and oxygen atoms in total. The fourth-order valence-corrected chi connectivity index (χ4v) is 3.08. The number of rotatable bonds is 3. The van der Waals surface area contributed by atoms with E-state index in [1.54, 1.807) is 0 Å². The summed E-state index contributed by atoms with van der Waals surface area (Å²) in [5, 5.41) is 0. The van der Waals surface area contributed by atoms with Crippen molar-refractivity contribution < 1.29 is 9.47 Å². The number of nitrogens with zero attached hydrogens (tertiary/aromatic N) is 1. The van der Waals surface area contributed by atoms with Crippen molar-refractivity contribution in [1.29, 1.82) is 0 Å². The van der Waals surface area contributed by atoms with Gasteiger partial charge in [0, 0.05) is 37.2 Å². The van der Waals surface area contributed by atoms with Gasteiger partial charge in [-0.25, -0.2) is 0 Å². The molecule has 0 amide bonds. The van der Waals surface area contributed by atoms with Gasteiger partial charge in [0.1, 0.15) is 0 Å². The second-order valence-corrected chi connectivity index (χ2v) is 5.15. The van der Waals surface area contributed by atoms with Crippen LogP contribution in [0.3, 0.4) is 0 Å². The van der Waals surface area contributed by atoms with E-state index in [0.717, 1.165) is 31.1 Å². The maximum Gasteiger partial charge on any atom is 0.231 e. The molecule has 1 fully saturated rings. The molecule has 18 heavy (non-hydrogen) atoms. The topological polar surface area (TPSA) is 47.7 Å². The lowest BCUT2D eigenvalue weighted by molar-refractivity contribution is 0.173. The molecule has 1 saturated heterocycles. The lowest BCUT2D eigenvalue weighted by Crippen LogP contribution is -2.32. The van der Waals surface area contributed by atoms with Crippen molar-refractivity contribution in [3.63, 3.8) is 0 Å². The van der Waals surface area contributed by atoms with Gasteiger partial charge in [-0.3, -0.25) is 4.90 Å². The summed E-state index contributed by atoms with van der Waals surface area (Å²) in [5.74, 6) is 2.37. The lowest BCUT2D eigenvalue weighted by Gasteiger charge is -2.19. The Kier molecular flexibility index (Phi) is 3.14. The van der Waals surface area contributed by atoms with Crippen LogP contribution in [0.5, 0.6) is 11.5 Å². The molecule has 0 radical (unpaired) electrons. The number of fused-ring (bicyclic) bond motifs is 1. The molecule has 2 aliphatic heterocycles. The van der Waals surface area contributed by atoms with Crippen LogP contribution in [0.1, 0.15) is 24.8 Å². The number of likely N-dealkylation sites (tertiary alicyclic amines) is 1. The molecule has 2 unspecified atom stereocenters. The van der Waals surface area contributed by atoms with Gasteiger partial charge in [-0.1, -0.05) is 12.1 Å². The highest BCUT2D eigenvalue weighted by Crippen LogP contribution is 2.42. The molecule has 2 atom stereocenters. The number of para-hydroxylation sites is 1. The molecule has 3 rings (SSSR count). The summed E-state index contributed by atoms with van der Waals surface area (Å²) >= 11 is 0. The van der Waals surface area contributed by atoms with Crippen molar-refractivity contribution in [2.45, 2.75) is 25.3 Å². The number of hydrogen-bond acceptors (Lipinski definition) is 4. The average Bonchev–Trinajstić information content (AvgIpc) is 2.96. The van der Waals surface area contributed by atoms with Crippen molar-refractivity contribution in [1.82, 2.24) is 4.90 Å². The minimum atomic E-state index is 0.348. The number of hydrogen-bond donors (Lipinski definition) is 1. The van der Waals surface area contributed by atoms with E-state index in [9.17, 15) is 0 Å². The standard InChI is InChI=1S/C14H20N2O2/c1-10-7-11(8-16(10)6-5-15)12-3-2-4-13-14(12)18-9-17-13/h2-4,10-11H,5-9,15H2,1H3. The van der Waals surface area contributed by atoms with E-state index < -0.39 is 0 Å². The molecule has 0 bridgehead atoms. The van der Waals surface area contributed by atoms with E-state index >= 15 is 0 Å². The molecular formula is C14H20N2O2. The Morgan fingerprint density at radius 1 is 1.39 bits per heavy atom. The minimum absolute atomic E-state index is 0.348. The maximum atomic E-state index is 5.66. The zero-order valence-corrected chi connectivity index (χ0v) is 10.8. The first-order chi connectivity index (χ1) is 8.79. The maximum absolute atomic E-state index is 5.66. The summed E-state index contributed by atoms with van der Waals surface area (Å²) in [4.78, 5) is 2.46. The molecule has 4 heteroatoms. The molecule has 0 spiro atoms. The Morgan fingerprint density at radius 2 is 2.28 bits per heavy atom. The van der Waals surface area contributed by atoms with Crippen molar-refractivity contribution in [3.05, 3.63) is 23.8 Å². The van der Waals surface area contributed by atoms with Gasteiger partial charge < -0.3 is 15.2 Å². The van der Waals surface area contributed by atoms with Gasteiger partial charge in [0.2, 0.25) is 6.79 Å². The van der Waals surface area contributed by atoms with Crippen LogP contribution in [-0.4, -0.2) is 37.4 Å². The smallest absolute Gasteiger partial charge is 0.231 e. The second kappa shape index (κ2) is 4.78. The van der Waals surface area contributed by atoms with Crippen LogP contribution in [0.15, 0.2) is 18.2 Å². The molecule has 1 aromatic carbocycles. The molecular weight excluding hydrogens is 228 g/mol. The van der Waals surface area contributed by atoms with Gasteiger partial charge in [-0.2, -0.15) is 0 Å². The molecule has 2 aliphatic rings. The Hall–Kier alpha value is -1.26. The first kappa shape index (κ1) is 11.8. The van der Waals surface area contributed by atoms with Gasteiger partial charge in [-0.15, -0.1) is 0 Å². The van der Waals surface area contributed by atoms with Crippen LogP contribution in [0.2, 0.25) is 0 Å². The van der Waals surface area contributed by atoms with Crippen molar-refractivity contribution >= 4 is 0 Å². The van der Waals surface area contributed by atoms with Crippen molar-refractivity contribution in [2.75, 3.05) is 26.4 Å². The third kappa shape index (κ3) is 1.95. The third-order valence-corrected chi connectivity index (χ3v) is 3.99. The van der Waals surface area contributed by atoms with Gasteiger partial charge in [0.05, 0.1) is 0 Å². The molecule has 0 aromatic heterocycles. The summed E-state index contributed by atoms with van der Waals surface area (Å²) in [5.41, 5.74) is 6.95. The van der Waals surface area contributed by atoms with Crippen LogP contribution in [0.4, 0.5) is 0 Å². The second-order valence-electron chi connectivity index (χ2n) is 5.15. The van der Waals surface area contributed by atoms with Gasteiger partial charge in [-0.05, 0) is 19.4 Å². The predicted molar refractivity (Wildman–Crippen MR) is 70.0 cm³/mol. The van der Waals surface area contributed by atoms with E-state index in [-0.39, 0.29) is 0 Å². The molecule has 98 valence electrons. The average molecular weight is 248 g/mol. The van der Waals surface area contributed by atoms with Crippen LogP contribution in [-0.2, 0) is 0 Å². The quantitative estimate of drug-likeness (QED) is 0.881. The zero-order chi connectivity index (χ0) is 12.5. The SMILES string of the molecule is CC1CC(c2cccc3c2OCO3)CN1CCN. The fourth-order valence-electron chi connectivity index (χ4n) is 3.08. The van der Waals surface area contributed by atoms with Gasteiger partial charge >= 0.3 is 0 Å². The fraction of sp³-hybridized carbons (Fsp3) is 0.571. The van der Waals surface area contributed by atoms with E-state index in [1.165, 1.54) is 12.0 Å². The first-order valence-corrected chi connectivity index (χ1v) is 6.62. The van der Waals surface area contributed by atoms with E-state index in [4.69, 9.17) is 15.2 Å². The molecule has 0 aliphatic carbocycles. The van der Waals surface area contributed by atoms with Crippen LogP contribution in [0, 0.1) is 0 Å². The predicted octanol–water partition coefficient (Wildman–Crippen LogP) is 1.55.